The highest BCUT2D eigenvalue weighted by Gasteiger charge is 2.22. The van der Waals surface area contributed by atoms with E-state index < -0.39 is 0 Å². The zero-order valence-electron chi connectivity index (χ0n) is 32.2. The largest absolute Gasteiger partial charge is 0.456 e. The van der Waals surface area contributed by atoms with Gasteiger partial charge in [-0.2, -0.15) is 0 Å². The molecule has 5 nitrogen and oxygen atoms in total. The summed E-state index contributed by atoms with van der Waals surface area (Å²) in [6.45, 7) is 0. The molecule has 0 aliphatic carbocycles. The summed E-state index contributed by atoms with van der Waals surface area (Å²) < 4.78 is 13.1. The van der Waals surface area contributed by atoms with Crippen LogP contribution in [0.5, 0.6) is 0 Å². The molecule has 0 amide bonds. The van der Waals surface area contributed by atoms with Gasteiger partial charge in [0.2, 0.25) is 0 Å². The molecular formula is C55H33N3O2. The smallest absolute Gasteiger partial charge is 0.167 e. The Morgan fingerprint density at radius 2 is 0.817 bits per heavy atom. The maximum Gasteiger partial charge on any atom is 0.167 e. The first-order valence-electron chi connectivity index (χ1n) is 20.1. The van der Waals surface area contributed by atoms with Gasteiger partial charge in [0.1, 0.15) is 22.3 Å². The lowest BCUT2D eigenvalue weighted by Gasteiger charge is -2.11. The molecule has 5 heteroatoms. The van der Waals surface area contributed by atoms with Gasteiger partial charge in [-0.3, -0.25) is 0 Å². The highest BCUT2D eigenvalue weighted by molar-refractivity contribution is 6.17. The quantitative estimate of drug-likeness (QED) is 0.169. The summed E-state index contributed by atoms with van der Waals surface area (Å²) in [6, 6.07) is 69.3. The number of aromatic nitrogens is 3. The van der Waals surface area contributed by atoms with E-state index in [-0.39, 0.29) is 0 Å². The fraction of sp³-hybridized carbons (Fsp3) is 0. The third-order valence-electron chi connectivity index (χ3n) is 11.6. The van der Waals surface area contributed by atoms with E-state index in [1.807, 2.05) is 54.6 Å². The van der Waals surface area contributed by atoms with Crippen LogP contribution in [0.3, 0.4) is 0 Å². The van der Waals surface area contributed by atoms with Crippen LogP contribution in [0.25, 0.3) is 122 Å². The minimum absolute atomic E-state index is 0.525. The molecule has 0 fully saturated rings. The molecule has 3 heterocycles. The number of hydrogen-bond acceptors (Lipinski definition) is 5. The lowest BCUT2D eigenvalue weighted by Crippen LogP contribution is -2.01. The molecule has 0 radical (unpaired) electrons. The molecule has 280 valence electrons. The molecule has 0 saturated carbocycles. The van der Waals surface area contributed by atoms with Crippen LogP contribution in [0.2, 0.25) is 0 Å². The van der Waals surface area contributed by atoms with Crippen molar-refractivity contribution >= 4 is 54.6 Å². The summed E-state index contributed by atoms with van der Waals surface area (Å²) in [5.41, 5.74) is 12.4. The van der Waals surface area contributed by atoms with Crippen molar-refractivity contribution < 1.29 is 8.83 Å². The van der Waals surface area contributed by atoms with E-state index in [2.05, 4.69) is 146 Å². The Morgan fingerprint density at radius 1 is 0.283 bits per heavy atom. The summed E-state index contributed by atoms with van der Waals surface area (Å²) in [5, 5.41) is 6.41. The van der Waals surface area contributed by atoms with Crippen molar-refractivity contribution in [2.45, 2.75) is 0 Å². The maximum atomic E-state index is 6.60. The van der Waals surface area contributed by atoms with Crippen LogP contribution < -0.4 is 0 Å². The third-order valence-corrected chi connectivity index (χ3v) is 11.6. The fourth-order valence-corrected chi connectivity index (χ4v) is 8.64. The molecule has 0 saturated heterocycles. The van der Waals surface area contributed by atoms with Crippen LogP contribution in [0.1, 0.15) is 0 Å². The van der Waals surface area contributed by atoms with Crippen LogP contribution in [0.15, 0.2) is 209 Å². The van der Waals surface area contributed by atoms with Gasteiger partial charge in [-0.25, -0.2) is 15.0 Å². The first-order valence-corrected chi connectivity index (χ1v) is 20.1. The van der Waals surface area contributed by atoms with Crippen molar-refractivity contribution in [3.8, 4) is 67.5 Å². The Morgan fingerprint density at radius 3 is 1.67 bits per heavy atom. The van der Waals surface area contributed by atoms with E-state index in [9.17, 15) is 0 Å². The van der Waals surface area contributed by atoms with Gasteiger partial charge in [-0.15, -0.1) is 0 Å². The van der Waals surface area contributed by atoms with Gasteiger partial charge in [0.15, 0.2) is 17.5 Å². The van der Waals surface area contributed by atoms with Crippen molar-refractivity contribution in [2.24, 2.45) is 0 Å². The number of fused-ring (bicyclic) bond motifs is 7. The number of para-hydroxylation sites is 2. The Balaban J connectivity index is 1.07. The van der Waals surface area contributed by atoms with Crippen molar-refractivity contribution in [2.75, 3.05) is 0 Å². The normalized spacial score (nSPS) is 11.7. The molecular weight excluding hydrogens is 735 g/mol. The summed E-state index contributed by atoms with van der Waals surface area (Å²) >= 11 is 0. The molecule has 0 aliphatic rings. The highest BCUT2D eigenvalue weighted by Crippen LogP contribution is 2.42. The molecule has 0 atom stereocenters. The summed E-state index contributed by atoms with van der Waals surface area (Å²) in [7, 11) is 0. The van der Waals surface area contributed by atoms with Crippen LogP contribution in [-0.4, -0.2) is 15.0 Å². The molecule has 0 N–H and O–H groups in total. The van der Waals surface area contributed by atoms with E-state index >= 15 is 0 Å². The van der Waals surface area contributed by atoms with Gasteiger partial charge in [0, 0.05) is 32.7 Å². The summed E-state index contributed by atoms with van der Waals surface area (Å²) in [6.07, 6.45) is 0. The van der Waals surface area contributed by atoms with Crippen molar-refractivity contribution in [3.63, 3.8) is 0 Å². The lowest BCUT2D eigenvalue weighted by atomic mass is 9.95. The minimum Gasteiger partial charge on any atom is -0.456 e. The minimum atomic E-state index is 0.525. The monoisotopic (exact) mass is 767 g/mol. The number of furan rings is 2. The second kappa shape index (κ2) is 13.8. The highest BCUT2D eigenvalue weighted by atomic mass is 16.3. The predicted octanol–water partition coefficient (Wildman–Crippen LogP) is 14.8. The van der Waals surface area contributed by atoms with E-state index in [0.29, 0.717) is 17.5 Å². The van der Waals surface area contributed by atoms with Crippen LogP contribution in [-0.2, 0) is 0 Å². The average Bonchev–Trinajstić information content (AvgIpc) is 3.91. The fourth-order valence-electron chi connectivity index (χ4n) is 8.64. The zero-order chi connectivity index (χ0) is 39.6. The maximum absolute atomic E-state index is 6.60. The van der Waals surface area contributed by atoms with Gasteiger partial charge in [0.25, 0.3) is 0 Å². The Labute approximate surface area is 344 Å². The molecule has 60 heavy (non-hydrogen) atoms. The van der Waals surface area contributed by atoms with Gasteiger partial charge >= 0.3 is 0 Å². The predicted molar refractivity (Wildman–Crippen MR) is 245 cm³/mol. The van der Waals surface area contributed by atoms with Crippen molar-refractivity contribution in [3.05, 3.63) is 200 Å². The number of rotatable bonds is 6. The van der Waals surface area contributed by atoms with Gasteiger partial charge < -0.3 is 8.83 Å². The van der Waals surface area contributed by atoms with Crippen molar-refractivity contribution in [1.82, 2.24) is 15.0 Å². The third kappa shape index (κ3) is 5.67. The Bertz CT molecular complexity index is 3600. The van der Waals surface area contributed by atoms with E-state index in [1.165, 1.54) is 21.9 Å². The number of hydrogen-bond donors (Lipinski definition) is 0. The molecule has 0 spiro atoms. The van der Waals surface area contributed by atoms with E-state index in [1.54, 1.807) is 0 Å². The van der Waals surface area contributed by atoms with E-state index in [4.69, 9.17) is 23.8 Å². The van der Waals surface area contributed by atoms with Gasteiger partial charge in [0.05, 0.1) is 5.56 Å². The van der Waals surface area contributed by atoms with Crippen LogP contribution in [0.4, 0.5) is 0 Å². The topological polar surface area (TPSA) is 65.0 Å². The zero-order valence-corrected chi connectivity index (χ0v) is 32.2. The van der Waals surface area contributed by atoms with Crippen LogP contribution in [0, 0.1) is 0 Å². The summed E-state index contributed by atoms with van der Waals surface area (Å²) in [5.74, 6) is 1.63. The Kier molecular flexibility index (Phi) is 7.78. The number of nitrogens with zero attached hydrogens (tertiary/aromatic N) is 3. The first-order chi connectivity index (χ1) is 29.7. The Hall–Kier alpha value is -8.15. The number of benzene rings is 9. The van der Waals surface area contributed by atoms with Gasteiger partial charge in [-0.05, 0) is 80.6 Å². The second-order valence-corrected chi connectivity index (χ2v) is 15.1. The summed E-state index contributed by atoms with van der Waals surface area (Å²) in [4.78, 5) is 15.8. The molecule has 9 aromatic carbocycles. The second-order valence-electron chi connectivity index (χ2n) is 15.1. The SMILES string of the molecule is c1ccc(-c2ccc(-c3cccc4oc5cccc(-c6nc(-c7cccc(-c8ccc9ccccc9c8)c7)nc(-c7cccc8c7oc7ccccc78)n6)c5c34)cc2)cc1. The first kappa shape index (κ1) is 33.9. The molecule has 0 bridgehead atoms. The molecule has 0 aliphatic heterocycles. The van der Waals surface area contributed by atoms with Crippen LogP contribution >= 0.6 is 0 Å². The van der Waals surface area contributed by atoms with E-state index in [0.717, 1.165) is 82.8 Å². The molecule has 3 aromatic heterocycles. The molecule has 12 aromatic rings. The average molecular weight is 768 g/mol. The molecule has 0 unspecified atom stereocenters. The van der Waals surface area contributed by atoms with Crippen molar-refractivity contribution in [1.29, 1.82) is 0 Å². The van der Waals surface area contributed by atoms with Gasteiger partial charge in [-0.1, -0.05) is 164 Å². The molecule has 12 rings (SSSR count). The standard InChI is InChI=1S/C55H33N3O2/c1-2-12-34(13-3-1)36-26-29-37(30-27-36)42-19-10-24-48-50(42)51-45(21-11-25-49(51)59-48)54-56-53(41-17-8-16-39(33-41)40-31-28-35-14-4-5-15-38(35)32-40)57-55(58-54)46-22-9-20-44-43-18-6-7-23-47(43)60-52(44)46/h1-33H. The lowest BCUT2D eigenvalue weighted by molar-refractivity contribution is 0.668.